The van der Waals surface area contributed by atoms with Gasteiger partial charge in [0.25, 0.3) is 0 Å². The van der Waals surface area contributed by atoms with Crippen LogP contribution in [-0.4, -0.2) is 12.6 Å². The molecule has 0 bridgehead atoms. The molecule has 0 spiro atoms. The number of allylic oxidation sites excluding steroid dienone is 1. The van der Waals surface area contributed by atoms with Gasteiger partial charge in [-0.2, -0.15) is 0 Å². The standard InChI is InChI=1S/C13H14O2/c1-2-3-11-15-13(14)10-9-12-7-5-4-6-8-12/h2-10H,11H2,1H3/b3-2?,10-9+. The van der Waals surface area contributed by atoms with Crippen molar-refractivity contribution in [3.63, 3.8) is 0 Å². The molecule has 0 atom stereocenters. The summed E-state index contributed by atoms with van der Waals surface area (Å²) >= 11 is 0. The maximum atomic E-state index is 11.1. The first-order chi connectivity index (χ1) is 7.33. The highest BCUT2D eigenvalue weighted by Crippen LogP contribution is 2.00. The number of hydrogen-bond donors (Lipinski definition) is 0. The minimum absolute atomic E-state index is 0.322. The van der Waals surface area contributed by atoms with Crippen molar-refractivity contribution in [2.45, 2.75) is 6.92 Å². The lowest BCUT2D eigenvalue weighted by atomic mass is 10.2. The van der Waals surface area contributed by atoms with E-state index in [4.69, 9.17) is 4.74 Å². The average Bonchev–Trinajstić information content (AvgIpc) is 2.28. The Hall–Kier alpha value is -1.83. The van der Waals surface area contributed by atoms with E-state index < -0.39 is 0 Å². The summed E-state index contributed by atoms with van der Waals surface area (Å²) in [6.07, 6.45) is 6.79. The molecule has 0 aliphatic rings. The second-order valence-electron chi connectivity index (χ2n) is 2.94. The van der Waals surface area contributed by atoms with Gasteiger partial charge in [0, 0.05) is 6.08 Å². The predicted octanol–water partition coefficient (Wildman–Crippen LogP) is 2.82. The smallest absolute Gasteiger partial charge is 0.331 e. The van der Waals surface area contributed by atoms with Crippen molar-refractivity contribution in [3.8, 4) is 0 Å². The van der Waals surface area contributed by atoms with Gasteiger partial charge in [-0.15, -0.1) is 0 Å². The summed E-state index contributed by atoms with van der Waals surface area (Å²) in [5, 5.41) is 0. The molecule has 0 unspecified atom stereocenters. The highest BCUT2D eigenvalue weighted by atomic mass is 16.5. The third kappa shape index (κ3) is 4.81. The molecular weight excluding hydrogens is 188 g/mol. The maximum absolute atomic E-state index is 11.1. The van der Waals surface area contributed by atoms with E-state index in [0.717, 1.165) is 5.56 Å². The van der Waals surface area contributed by atoms with E-state index in [1.807, 2.05) is 43.3 Å². The number of benzene rings is 1. The summed E-state index contributed by atoms with van der Waals surface area (Å²) in [5.41, 5.74) is 0.987. The van der Waals surface area contributed by atoms with Crippen molar-refractivity contribution in [2.75, 3.05) is 6.61 Å². The van der Waals surface area contributed by atoms with Gasteiger partial charge in [-0.25, -0.2) is 4.79 Å². The van der Waals surface area contributed by atoms with Gasteiger partial charge >= 0.3 is 5.97 Å². The van der Waals surface area contributed by atoms with Gasteiger partial charge in [0.2, 0.25) is 0 Å². The molecule has 1 aromatic rings. The highest BCUT2D eigenvalue weighted by molar-refractivity contribution is 5.87. The summed E-state index contributed by atoms with van der Waals surface area (Å²) in [6.45, 7) is 2.21. The molecule has 0 aromatic heterocycles. The van der Waals surface area contributed by atoms with E-state index in [9.17, 15) is 4.79 Å². The van der Waals surface area contributed by atoms with Gasteiger partial charge in [0.15, 0.2) is 0 Å². The molecule has 0 aliphatic carbocycles. The molecule has 0 fully saturated rings. The van der Waals surface area contributed by atoms with E-state index in [1.165, 1.54) is 6.08 Å². The second-order valence-corrected chi connectivity index (χ2v) is 2.94. The van der Waals surface area contributed by atoms with E-state index in [-0.39, 0.29) is 5.97 Å². The zero-order chi connectivity index (χ0) is 10.9. The van der Waals surface area contributed by atoms with E-state index in [1.54, 1.807) is 12.2 Å². The van der Waals surface area contributed by atoms with Crippen LogP contribution in [0.1, 0.15) is 12.5 Å². The summed E-state index contributed by atoms with van der Waals surface area (Å²) in [6, 6.07) is 9.63. The van der Waals surface area contributed by atoms with Crippen LogP contribution in [0.4, 0.5) is 0 Å². The van der Waals surface area contributed by atoms with Gasteiger partial charge in [-0.05, 0) is 18.6 Å². The van der Waals surface area contributed by atoms with Crippen LogP contribution < -0.4 is 0 Å². The number of rotatable bonds is 4. The maximum Gasteiger partial charge on any atom is 0.331 e. The molecule has 0 heterocycles. The van der Waals surface area contributed by atoms with Gasteiger partial charge in [-0.1, -0.05) is 42.5 Å². The minimum Gasteiger partial charge on any atom is -0.458 e. The predicted molar refractivity (Wildman–Crippen MR) is 61.2 cm³/mol. The third-order valence-electron chi connectivity index (χ3n) is 1.77. The van der Waals surface area contributed by atoms with Gasteiger partial charge in [0.1, 0.15) is 6.61 Å². The van der Waals surface area contributed by atoms with E-state index >= 15 is 0 Å². The zero-order valence-corrected chi connectivity index (χ0v) is 8.72. The normalized spacial score (nSPS) is 11.0. The van der Waals surface area contributed by atoms with Crippen LogP contribution >= 0.6 is 0 Å². The molecule has 0 saturated heterocycles. The molecule has 1 aromatic carbocycles. The van der Waals surface area contributed by atoms with Crippen LogP contribution in [0.5, 0.6) is 0 Å². The Labute approximate surface area is 89.9 Å². The number of carbonyl (C=O) groups is 1. The molecule has 15 heavy (non-hydrogen) atoms. The molecule has 78 valence electrons. The molecule has 0 saturated carbocycles. The molecule has 0 aliphatic heterocycles. The van der Waals surface area contributed by atoms with Crippen molar-refractivity contribution in [1.29, 1.82) is 0 Å². The first kappa shape index (κ1) is 11.2. The first-order valence-corrected chi connectivity index (χ1v) is 4.84. The zero-order valence-electron chi connectivity index (χ0n) is 8.72. The summed E-state index contributed by atoms with van der Waals surface area (Å²) in [4.78, 5) is 11.1. The molecule has 1 rings (SSSR count). The average molecular weight is 202 g/mol. The lowest BCUT2D eigenvalue weighted by Gasteiger charge is -1.95. The van der Waals surface area contributed by atoms with Crippen molar-refractivity contribution < 1.29 is 9.53 Å². The quantitative estimate of drug-likeness (QED) is 0.426. The van der Waals surface area contributed by atoms with Crippen LogP contribution in [0.2, 0.25) is 0 Å². The minimum atomic E-state index is -0.322. The van der Waals surface area contributed by atoms with Crippen LogP contribution in [-0.2, 0) is 9.53 Å². The summed E-state index contributed by atoms with van der Waals surface area (Å²) < 4.78 is 4.89. The lowest BCUT2D eigenvalue weighted by Crippen LogP contribution is -1.99. The third-order valence-corrected chi connectivity index (χ3v) is 1.77. The number of esters is 1. The van der Waals surface area contributed by atoms with Crippen molar-refractivity contribution in [2.24, 2.45) is 0 Å². The van der Waals surface area contributed by atoms with Crippen LogP contribution in [0, 0.1) is 0 Å². The fraction of sp³-hybridized carbons (Fsp3) is 0.154. The van der Waals surface area contributed by atoms with Crippen molar-refractivity contribution in [3.05, 3.63) is 54.1 Å². The first-order valence-electron chi connectivity index (χ1n) is 4.84. The Morgan fingerprint density at radius 1 is 1.33 bits per heavy atom. The fourth-order valence-electron chi connectivity index (χ4n) is 1.00. The Morgan fingerprint density at radius 3 is 2.73 bits per heavy atom. The van der Waals surface area contributed by atoms with E-state index in [2.05, 4.69) is 0 Å². The molecule has 2 heteroatoms. The molecule has 0 N–H and O–H groups in total. The Kier molecular flexibility index (Phi) is 4.95. The molecule has 0 radical (unpaired) electrons. The van der Waals surface area contributed by atoms with Crippen LogP contribution in [0.25, 0.3) is 6.08 Å². The Bertz CT molecular complexity index is 350. The topological polar surface area (TPSA) is 26.3 Å². The van der Waals surface area contributed by atoms with Gasteiger partial charge in [0.05, 0.1) is 0 Å². The number of ether oxygens (including phenoxy) is 1. The SMILES string of the molecule is CC=CCOC(=O)/C=C/c1ccccc1. The van der Waals surface area contributed by atoms with Crippen LogP contribution in [0.3, 0.4) is 0 Å². The molecular formula is C13H14O2. The monoisotopic (exact) mass is 202 g/mol. The van der Waals surface area contributed by atoms with Gasteiger partial charge < -0.3 is 4.74 Å². The van der Waals surface area contributed by atoms with Gasteiger partial charge in [-0.3, -0.25) is 0 Å². The van der Waals surface area contributed by atoms with Crippen molar-refractivity contribution >= 4 is 12.0 Å². The summed E-state index contributed by atoms with van der Waals surface area (Å²) in [7, 11) is 0. The second kappa shape index (κ2) is 6.60. The van der Waals surface area contributed by atoms with Crippen LogP contribution in [0.15, 0.2) is 48.6 Å². The number of carbonyl (C=O) groups excluding carboxylic acids is 1. The fourth-order valence-corrected chi connectivity index (χ4v) is 1.00. The highest BCUT2D eigenvalue weighted by Gasteiger charge is 1.93. The Balaban J connectivity index is 2.41. The molecule has 0 amide bonds. The van der Waals surface area contributed by atoms with Crippen molar-refractivity contribution in [1.82, 2.24) is 0 Å². The lowest BCUT2D eigenvalue weighted by molar-refractivity contribution is -0.136. The number of hydrogen-bond acceptors (Lipinski definition) is 2. The Morgan fingerprint density at radius 2 is 2.07 bits per heavy atom. The van der Waals surface area contributed by atoms with E-state index in [0.29, 0.717) is 6.61 Å². The largest absolute Gasteiger partial charge is 0.458 e. The molecule has 2 nitrogen and oxygen atoms in total. The summed E-state index contributed by atoms with van der Waals surface area (Å²) in [5.74, 6) is -0.322.